The third-order valence-electron chi connectivity index (χ3n) is 4.71. The summed E-state index contributed by atoms with van der Waals surface area (Å²) in [4.78, 5) is 12.5. The first-order chi connectivity index (χ1) is 10.3. The number of amides is 1. The van der Waals surface area contributed by atoms with E-state index in [2.05, 4.69) is 16.7 Å². The van der Waals surface area contributed by atoms with Gasteiger partial charge in [0.25, 0.3) is 5.91 Å². The monoisotopic (exact) mass is 288 g/mol. The highest BCUT2D eigenvalue weighted by molar-refractivity contribution is 5.83. The second-order valence-corrected chi connectivity index (χ2v) is 6.05. The Morgan fingerprint density at radius 3 is 2.62 bits per heavy atom. The highest BCUT2D eigenvalue weighted by atomic mass is 16.5. The lowest BCUT2D eigenvalue weighted by Gasteiger charge is -2.31. The summed E-state index contributed by atoms with van der Waals surface area (Å²) in [5.74, 6) is 0.0232. The Labute approximate surface area is 126 Å². The van der Waals surface area contributed by atoms with Gasteiger partial charge >= 0.3 is 0 Å². The zero-order chi connectivity index (χ0) is 14.7. The molecule has 1 heterocycles. The van der Waals surface area contributed by atoms with Crippen molar-refractivity contribution < 1.29 is 9.53 Å². The van der Waals surface area contributed by atoms with Crippen molar-refractivity contribution in [1.29, 1.82) is 0 Å². The van der Waals surface area contributed by atoms with Gasteiger partial charge in [-0.25, -0.2) is 0 Å². The molecule has 4 nitrogen and oxygen atoms in total. The first-order valence-electron chi connectivity index (χ1n) is 7.95. The van der Waals surface area contributed by atoms with Crippen molar-refractivity contribution in [3.8, 4) is 0 Å². The fourth-order valence-electron chi connectivity index (χ4n) is 3.41. The Morgan fingerprint density at radius 2 is 1.86 bits per heavy atom. The predicted molar refractivity (Wildman–Crippen MR) is 82.1 cm³/mol. The summed E-state index contributed by atoms with van der Waals surface area (Å²) in [5.41, 5.74) is 2.27. The number of hydrogen-bond acceptors (Lipinski definition) is 3. The van der Waals surface area contributed by atoms with Gasteiger partial charge in [0.05, 0.1) is 6.61 Å². The minimum atomic E-state index is -0.433. The quantitative estimate of drug-likeness (QED) is 0.894. The average molecular weight is 288 g/mol. The lowest BCUT2D eigenvalue weighted by molar-refractivity contribution is -0.135. The molecule has 1 fully saturated rings. The minimum Gasteiger partial charge on any atom is -0.363 e. The van der Waals surface area contributed by atoms with Gasteiger partial charge in [-0.3, -0.25) is 4.79 Å². The van der Waals surface area contributed by atoms with Crippen LogP contribution in [-0.2, 0) is 16.0 Å². The summed E-state index contributed by atoms with van der Waals surface area (Å²) in [6, 6.07) is 9.00. The third kappa shape index (κ3) is 3.27. The van der Waals surface area contributed by atoms with Crippen molar-refractivity contribution in [3.63, 3.8) is 0 Å². The smallest absolute Gasteiger partial charge is 0.253 e. The molecule has 0 spiro atoms. The Bertz CT molecular complexity index is 495. The molecule has 1 aliphatic carbocycles. The molecule has 3 rings (SSSR count). The van der Waals surface area contributed by atoms with Crippen molar-refractivity contribution in [2.24, 2.45) is 0 Å². The van der Waals surface area contributed by atoms with Gasteiger partial charge in [-0.05, 0) is 50.3 Å². The van der Waals surface area contributed by atoms with E-state index in [0.717, 1.165) is 37.7 Å². The number of carbonyl (C=O) groups is 1. The van der Waals surface area contributed by atoms with Gasteiger partial charge in [-0.1, -0.05) is 24.3 Å². The topological polar surface area (TPSA) is 50.4 Å². The van der Waals surface area contributed by atoms with Crippen LogP contribution < -0.4 is 10.6 Å². The number of nitrogens with one attached hydrogen (secondary N) is 2. The van der Waals surface area contributed by atoms with E-state index in [4.69, 9.17) is 4.74 Å². The predicted octanol–water partition coefficient (Wildman–Crippen LogP) is 1.95. The van der Waals surface area contributed by atoms with Crippen LogP contribution in [0.2, 0.25) is 0 Å². The maximum absolute atomic E-state index is 12.5. The molecule has 1 atom stereocenters. The molecular formula is C17H24N2O2. The number of carbonyl (C=O) groups excluding carboxylic acids is 1. The Balaban J connectivity index is 1.62. The van der Waals surface area contributed by atoms with Gasteiger partial charge in [0.15, 0.2) is 6.10 Å². The molecule has 0 bridgehead atoms. The molecule has 1 aromatic rings. The molecule has 0 aromatic heterocycles. The first kappa shape index (κ1) is 14.5. The van der Waals surface area contributed by atoms with E-state index in [9.17, 15) is 4.79 Å². The van der Waals surface area contributed by atoms with E-state index in [1.54, 1.807) is 0 Å². The van der Waals surface area contributed by atoms with Gasteiger partial charge in [0.1, 0.15) is 0 Å². The first-order valence-corrected chi connectivity index (χ1v) is 7.95. The van der Waals surface area contributed by atoms with Gasteiger partial charge in [0, 0.05) is 12.1 Å². The number of ether oxygens (including phenoxy) is 1. The molecule has 1 aromatic carbocycles. The van der Waals surface area contributed by atoms with Gasteiger partial charge in [-0.15, -0.1) is 0 Å². The van der Waals surface area contributed by atoms with Gasteiger partial charge in [0.2, 0.25) is 0 Å². The van der Waals surface area contributed by atoms with E-state index in [1.807, 2.05) is 25.2 Å². The van der Waals surface area contributed by atoms with Gasteiger partial charge < -0.3 is 15.4 Å². The molecule has 2 N–H and O–H groups in total. The molecule has 1 aliphatic heterocycles. The number of benzene rings is 1. The highest BCUT2D eigenvalue weighted by Gasteiger charge is 2.29. The average Bonchev–Trinajstić information content (AvgIpc) is 2.55. The van der Waals surface area contributed by atoms with Crippen LogP contribution in [0.25, 0.3) is 0 Å². The van der Waals surface area contributed by atoms with Crippen molar-refractivity contribution in [2.45, 2.75) is 50.3 Å². The largest absolute Gasteiger partial charge is 0.363 e. The molecule has 1 saturated carbocycles. The minimum absolute atomic E-state index is 0.0232. The normalized spacial score (nSPS) is 28.7. The van der Waals surface area contributed by atoms with Crippen LogP contribution in [0.1, 0.15) is 42.9 Å². The number of hydrogen-bond donors (Lipinski definition) is 2. The van der Waals surface area contributed by atoms with Crippen LogP contribution >= 0.6 is 0 Å². The third-order valence-corrected chi connectivity index (χ3v) is 4.71. The SMILES string of the molecule is CNC1CCC(NC(=O)C2OCCc3ccccc32)CC1. The fourth-order valence-corrected chi connectivity index (χ4v) is 3.41. The molecule has 4 heteroatoms. The van der Waals surface area contributed by atoms with Crippen molar-refractivity contribution >= 4 is 5.91 Å². The van der Waals surface area contributed by atoms with Crippen LogP contribution in [-0.4, -0.2) is 31.6 Å². The second kappa shape index (κ2) is 6.58. The van der Waals surface area contributed by atoms with Crippen LogP contribution in [0.4, 0.5) is 0 Å². The summed E-state index contributed by atoms with van der Waals surface area (Å²) >= 11 is 0. The Hall–Kier alpha value is -1.39. The Morgan fingerprint density at radius 1 is 1.14 bits per heavy atom. The summed E-state index contributed by atoms with van der Waals surface area (Å²) < 4.78 is 5.73. The maximum Gasteiger partial charge on any atom is 0.253 e. The molecule has 0 radical (unpaired) electrons. The van der Waals surface area contributed by atoms with E-state index in [1.165, 1.54) is 5.56 Å². The fraction of sp³-hybridized carbons (Fsp3) is 0.588. The maximum atomic E-state index is 12.5. The molecule has 21 heavy (non-hydrogen) atoms. The summed E-state index contributed by atoms with van der Waals surface area (Å²) in [7, 11) is 2.01. The standard InChI is InChI=1S/C17H24N2O2/c1-18-13-6-8-14(9-7-13)19-17(20)16-15-5-3-2-4-12(15)10-11-21-16/h2-5,13-14,16,18H,6-11H2,1H3,(H,19,20). The van der Waals surface area contributed by atoms with E-state index in [-0.39, 0.29) is 5.91 Å². The summed E-state index contributed by atoms with van der Waals surface area (Å²) in [6.45, 7) is 0.627. The molecule has 1 amide bonds. The van der Waals surface area contributed by atoms with E-state index < -0.39 is 6.10 Å². The van der Waals surface area contributed by atoms with E-state index in [0.29, 0.717) is 18.7 Å². The Kier molecular flexibility index (Phi) is 4.56. The lowest BCUT2D eigenvalue weighted by atomic mass is 9.90. The van der Waals surface area contributed by atoms with Crippen molar-refractivity contribution in [1.82, 2.24) is 10.6 Å². The number of fused-ring (bicyclic) bond motifs is 1. The van der Waals surface area contributed by atoms with Crippen molar-refractivity contribution in [2.75, 3.05) is 13.7 Å². The molecular weight excluding hydrogens is 264 g/mol. The lowest BCUT2D eigenvalue weighted by Crippen LogP contribution is -2.44. The van der Waals surface area contributed by atoms with Crippen LogP contribution in [0, 0.1) is 0 Å². The van der Waals surface area contributed by atoms with E-state index >= 15 is 0 Å². The molecule has 0 saturated heterocycles. The highest BCUT2D eigenvalue weighted by Crippen LogP contribution is 2.28. The van der Waals surface area contributed by atoms with Crippen LogP contribution in [0.15, 0.2) is 24.3 Å². The van der Waals surface area contributed by atoms with Crippen LogP contribution in [0.5, 0.6) is 0 Å². The number of rotatable bonds is 3. The van der Waals surface area contributed by atoms with Crippen molar-refractivity contribution in [3.05, 3.63) is 35.4 Å². The summed E-state index contributed by atoms with van der Waals surface area (Å²) in [6.07, 6.45) is 4.81. The molecule has 1 unspecified atom stereocenters. The summed E-state index contributed by atoms with van der Waals surface area (Å²) in [5, 5.41) is 6.50. The molecule has 2 aliphatic rings. The van der Waals surface area contributed by atoms with Gasteiger partial charge in [-0.2, -0.15) is 0 Å². The zero-order valence-electron chi connectivity index (χ0n) is 12.6. The second-order valence-electron chi connectivity index (χ2n) is 6.05. The van der Waals surface area contributed by atoms with Crippen LogP contribution in [0.3, 0.4) is 0 Å². The zero-order valence-corrected chi connectivity index (χ0v) is 12.6. The molecule has 114 valence electrons.